The Kier molecular flexibility index (Phi) is 8.77. The second kappa shape index (κ2) is 11.8. The molecule has 1 fully saturated rings. The van der Waals surface area contributed by atoms with Gasteiger partial charge in [0.15, 0.2) is 0 Å². The number of hydrogen-bond acceptors (Lipinski definition) is 1. The third-order valence-electron chi connectivity index (χ3n) is 5.97. The van der Waals surface area contributed by atoms with Crippen LogP contribution in [0.2, 0.25) is 0 Å². The van der Waals surface area contributed by atoms with Crippen LogP contribution in [0.25, 0.3) is 11.1 Å². The van der Waals surface area contributed by atoms with Crippen LogP contribution >= 0.6 is 0 Å². The fourth-order valence-corrected chi connectivity index (χ4v) is 4.19. The molecule has 0 radical (unpaired) electrons. The van der Waals surface area contributed by atoms with Crippen molar-refractivity contribution in [1.29, 1.82) is 0 Å². The first-order valence-electron chi connectivity index (χ1n) is 11.4. The fourth-order valence-electron chi connectivity index (χ4n) is 4.19. The van der Waals surface area contributed by atoms with E-state index < -0.39 is 0 Å². The topological polar surface area (TPSA) is 9.23 Å². The number of ether oxygens (including phenoxy) is 1. The first kappa shape index (κ1) is 21.6. The number of benzene rings is 2. The van der Waals surface area contributed by atoms with E-state index in [2.05, 4.69) is 86.7 Å². The van der Waals surface area contributed by atoms with Crippen molar-refractivity contribution in [2.24, 2.45) is 5.92 Å². The normalized spacial score (nSPS) is 19.9. The molecule has 1 saturated carbocycles. The molecule has 3 rings (SSSR count). The third-order valence-corrected chi connectivity index (χ3v) is 5.97. The van der Waals surface area contributed by atoms with Crippen LogP contribution < -0.4 is 0 Å². The zero-order valence-corrected chi connectivity index (χ0v) is 18.1. The summed E-state index contributed by atoms with van der Waals surface area (Å²) in [5.74, 6) is 1.53. The molecule has 1 aliphatic carbocycles. The van der Waals surface area contributed by atoms with Crippen molar-refractivity contribution in [2.75, 3.05) is 6.61 Å². The summed E-state index contributed by atoms with van der Waals surface area (Å²) in [7, 11) is 0. The van der Waals surface area contributed by atoms with E-state index in [4.69, 9.17) is 4.74 Å². The molecule has 1 nitrogen and oxygen atoms in total. The second-order valence-corrected chi connectivity index (χ2v) is 8.16. The molecule has 154 valence electrons. The van der Waals surface area contributed by atoms with Crippen LogP contribution in [0.15, 0.2) is 72.8 Å². The highest BCUT2D eigenvalue weighted by molar-refractivity contribution is 5.64. The van der Waals surface area contributed by atoms with Gasteiger partial charge < -0.3 is 4.74 Å². The molecule has 29 heavy (non-hydrogen) atoms. The van der Waals surface area contributed by atoms with Crippen LogP contribution in [0.3, 0.4) is 0 Å². The summed E-state index contributed by atoms with van der Waals surface area (Å²) >= 11 is 0. The Labute approximate surface area is 177 Å². The quantitative estimate of drug-likeness (QED) is 0.311. The summed E-state index contributed by atoms with van der Waals surface area (Å²) in [5, 5.41) is 0. The van der Waals surface area contributed by atoms with Gasteiger partial charge in [0.25, 0.3) is 0 Å². The van der Waals surface area contributed by atoms with Gasteiger partial charge in [-0.3, -0.25) is 0 Å². The van der Waals surface area contributed by atoms with Gasteiger partial charge in [-0.1, -0.05) is 86.7 Å². The van der Waals surface area contributed by atoms with Crippen LogP contribution in [0.5, 0.6) is 0 Å². The van der Waals surface area contributed by atoms with E-state index in [0.29, 0.717) is 13.2 Å². The molecule has 1 aliphatic rings. The minimum absolute atomic E-state index is 0.670. The van der Waals surface area contributed by atoms with Gasteiger partial charge in [-0.15, -0.1) is 0 Å². The lowest BCUT2D eigenvalue weighted by atomic mass is 9.78. The largest absolute Gasteiger partial charge is 0.373 e. The van der Waals surface area contributed by atoms with E-state index >= 15 is 0 Å². The van der Waals surface area contributed by atoms with Crippen LogP contribution in [0.1, 0.15) is 69.4 Å². The monoisotopic (exact) mass is 388 g/mol. The number of hydrogen-bond donors (Lipinski definition) is 0. The Morgan fingerprint density at radius 1 is 0.759 bits per heavy atom. The molecule has 2 aromatic rings. The molecule has 0 spiro atoms. The molecule has 1 heteroatoms. The van der Waals surface area contributed by atoms with E-state index in [1.165, 1.54) is 47.9 Å². The molecule has 0 bridgehead atoms. The summed E-state index contributed by atoms with van der Waals surface area (Å²) in [4.78, 5) is 0. The van der Waals surface area contributed by atoms with E-state index in [1.54, 1.807) is 0 Å². The molecule has 0 aromatic heterocycles. The lowest BCUT2D eigenvalue weighted by Crippen LogP contribution is -2.11. The predicted molar refractivity (Wildman–Crippen MR) is 125 cm³/mol. The lowest BCUT2D eigenvalue weighted by molar-refractivity contribution is 0.148. The van der Waals surface area contributed by atoms with Crippen molar-refractivity contribution >= 4 is 0 Å². The maximum atomic E-state index is 5.69. The van der Waals surface area contributed by atoms with E-state index in [0.717, 1.165) is 24.7 Å². The Morgan fingerprint density at radius 2 is 1.38 bits per heavy atom. The minimum atomic E-state index is 0.670. The van der Waals surface area contributed by atoms with Gasteiger partial charge in [0.05, 0.1) is 13.2 Å². The van der Waals surface area contributed by atoms with E-state index in [1.807, 2.05) is 0 Å². The van der Waals surface area contributed by atoms with Gasteiger partial charge in [0, 0.05) is 0 Å². The molecule has 2 aromatic carbocycles. The van der Waals surface area contributed by atoms with Gasteiger partial charge in [0.2, 0.25) is 0 Å². The van der Waals surface area contributed by atoms with Gasteiger partial charge in [-0.25, -0.2) is 0 Å². The molecule has 0 aliphatic heterocycles. The molecule has 0 amide bonds. The Hall–Kier alpha value is -2.12. The fraction of sp³-hybridized carbons (Fsp3) is 0.429. The Bertz CT molecular complexity index is 759. The highest BCUT2D eigenvalue weighted by atomic mass is 16.5. The molecule has 0 heterocycles. The molecular formula is C28H36O. The van der Waals surface area contributed by atoms with Crippen molar-refractivity contribution in [2.45, 2.75) is 64.9 Å². The molecule has 0 N–H and O–H groups in total. The van der Waals surface area contributed by atoms with Crippen molar-refractivity contribution in [3.63, 3.8) is 0 Å². The first-order chi connectivity index (χ1) is 14.3. The first-order valence-corrected chi connectivity index (χ1v) is 11.4. The van der Waals surface area contributed by atoms with Crippen molar-refractivity contribution in [3.05, 3.63) is 84.0 Å². The molecule has 0 saturated heterocycles. The van der Waals surface area contributed by atoms with Gasteiger partial charge in [-0.2, -0.15) is 0 Å². The van der Waals surface area contributed by atoms with Crippen molar-refractivity contribution in [1.82, 2.24) is 0 Å². The number of rotatable bonds is 9. The van der Waals surface area contributed by atoms with E-state index in [9.17, 15) is 0 Å². The average molecular weight is 389 g/mol. The standard InChI is InChI=1S/C28H36O/c1-3-5-7-21-29-22-24-11-15-26(16-12-24)28-19-17-27(18-20-28)25-13-9-23(10-14-25)8-6-4-2/h5-8,11-12,15-20,23,25H,3-4,9-10,13-14,21-22H2,1-2H3. The summed E-state index contributed by atoms with van der Waals surface area (Å²) in [6.07, 6.45) is 16.5. The highest BCUT2D eigenvalue weighted by Gasteiger charge is 2.20. The summed E-state index contributed by atoms with van der Waals surface area (Å²) in [5.41, 5.74) is 5.31. The maximum absolute atomic E-state index is 5.69. The van der Waals surface area contributed by atoms with Crippen molar-refractivity contribution < 1.29 is 4.74 Å². The molecular weight excluding hydrogens is 352 g/mol. The maximum Gasteiger partial charge on any atom is 0.0721 e. The molecule has 0 unspecified atom stereocenters. The van der Waals surface area contributed by atoms with Crippen LogP contribution in [-0.2, 0) is 11.3 Å². The zero-order valence-electron chi connectivity index (χ0n) is 18.1. The van der Waals surface area contributed by atoms with Crippen molar-refractivity contribution in [3.8, 4) is 11.1 Å². The van der Waals surface area contributed by atoms with Crippen LogP contribution in [-0.4, -0.2) is 6.61 Å². The SMILES string of the molecule is CCC=CCOCc1ccc(-c2ccc(C3CCC(C=CCC)CC3)cc2)cc1. The minimum Gasteiger partial charge on any atom is -0.373 e. The number of allylic oxidation sites excluding steroid dienone is 3. The summed E-state index contributed by atoms with van der Waals surface area (Å²) < 4.78 is 5.69. The smallest absolute Gasteiger partial charge is 0.0721 e. The lowest BCUT2D eigenvalue weighted by Gasteiger charge is -2.27. The third kappa shape index (κ3) is 6.72. The van der Waals surface area contributed by atoms with E-state index in [-0.39, 0.29) is 0 Å². The Balaban J connectivity index is 1.52. The van der Waals surface area contributed by atoms with Crippen LogP contribution in [0, 0.1) is 5.92 Å². The van der Waals surface area contributed by atoms with Gasteiger partial charge >= 0.3 is 0 Å². The summed E-state index contributed by atoms with van der Waals surface area (Å²) in [6, 6.07) is 18.1. The predicted octanol–water partition coefficient (Wildman–Crippen LogP) is 8.08. The highest BCUT2D eigenvalue weighted by Crippen LogP contribution is 2.37. The Morgan fingerprint density at radius 3 is 2.00 bits per heavy atom. The average Bonchev–Trinajstić information content (AvgIpc) is 2.78. The molecule has 0 atom stereocenters. The second-order valence-electron chi connectivity index (χ2n) is 8.16. The van der Waals surface area contributed by atoms with Gasteiger partial charge in [0.1, 0.15) is 0 Å². The van der Waals surface area contributed by atoms with Gasteiger partial charge in [-0.05, 0) is 72.6 Å². The van der Waals surface area contributed by atoms with Crippen LogP contribution in [0.4, 0.5) is 0 Å². The zero-order chi connectivity index (χ0) is 20.3. The summed E-state index contributed by atoms with van der Waals surface area (Å²) in [6.45, 7) is 5.72.